The van der Waals surface area contributed by atoms with E-state index in [9.17, 15) is 4.79 Å². The fourth-order valence-corrected chi connectivity index (χ4v) is 1.99. The van der Waals surface area contributed by atoms with Crippen molar-refractivity contribution >= 4 is 5.91 Å². The standard InChI is InChI=1S/C11H22N2O/c1-12-8-4-7-11(14)13-9-10-5-2-3-6-10/h10,12H,2-9H2,1H3,(H,13,14). The van der Waals surface area contributed by atoms with Crippen molar-refractivity contribution in [1.82, 2.24) is 10.6 Å². The molecule has 1 saturated carbocycles. The van der Waals surface area contributed by atoms with Crippen LogP contribution < -0.4 is 10.6 Å². The van der Waals surface area contributed by atoms with Crippen LogP contribution in [0.4, 0.5) is 0 Å². The molecule has 3 nitrogen and oxygen atoms in total. The highest BCUT2D eigenvalue weighted by atomic mass is 16.1. The van der Waals surface area contributed by atoms with E-state index < -0.39 is 0 Å². The maximum absolute atomic E-state index is 11.3. The molecule has 0 atom stereocenters. The Labute approximate surface area is 86.6 Å². The van der Waals surface area contributed by atoms with E-state index in [1.54, 1.807) is 0 Å². The highest BCUT2D eigenvalue weighted by molar-refractivity contribution is 5.75. The van der Waals surface area contributed by atoms with Crippen molar-refractivity contribution in [3.05, 3.63) is 0 Å². The van der Waals surface area contributed by atoms with E-state index in [0.717, 1.165) is 25.4 Å². The molecule has 1 rings (SSSR count). The zero-order chi connectivity index (χ0) is 10.2. The van der Waals surface area contributed by atoms with Crippen molar-refractivity contribution in [1.29, 1.82) is 0 Å². The average molecular weight is 198 g/mol. The Bertz CT molecular complexity index is 165. The molecule has 0 aromatic heterocycles. The first-order valence-electron chi connectivity index (χ1n) is 5.74. The lowest BCUT2D eigenvalue weighted by atomic mass is 10.1. The zero-order valence-corrected chi connectivity index (χ0v) is 9.14. The SMILES string of the molecule is CNCCCC(=O)NCC1CCCC1. The van der Waals surface area contributed by atoms with Crippen LogP contribution >= 0.6 is 0 Å². The average Bonchev–Trinajstić information content (AvgIpc) is 2.68. The van der Waals surface area contributed by atoms with Crippen LogP contribution in [0.5, 0.6) is 0 Å². The minimum Gasteiger partial charge on any atom is -0.356 e. The van der Waals surface area contributed by atoms with Crippen LogP contribution in [0, 0.1) is 5.92 Å². The Morgan fingerprint density at radius 3 is 2.71 bits per heavy atom. The zero-order valence-electron chi connectivity index (χ0n) is 9.14. The number of rotatable bonds is 6. The van der Waals surface area contributed by atoms with Crippen LogP contribution in [0.1, 0.15) is 38.5 Å². The van der Waals surface area contributed by atoms with Crippen molar-refractivity contribution < 1.29 is 4.79 Å². The Morgan fingerprint density at radius 1 is 1.36 bits per heavy atom. The van der Waals surface area contributed by atoms with E-state index in [4.69, 9.17) is 0 Å². The summed E-state index contributed by atoms with van der Waals surface area (Å²) in [4.78, 5) is 11.3. The molecular weight excluding hydrogens is 176 g/mol. The first-order valence-corrected chi connectivity index (χ1v) is 5.74. The van der Waals surface area contributed by atoms with Crippen LogP contribution in [-0.4, -0.2) is 26.0 Å². The Hall–Kier alpha value is -0.570. The molecule has 0 aromatic carbocycles. The maximum Gasteiger partial charge on any atom is 0.220 e. The summed E-state index contributed by atoms with van der Waals surface area (Å²) in [6.07, 6.45) is 6.90. The fraction of sp³-hybridized carbons (Fsp3) is 0.909. The molecule has 14 heavy (non-hydrogen) atoms. The lowest BCUT2D eigenvalue weighted by molar-refractivity contribution is -0.121. The van der Waals surface area contributed by atoms with Crippen LogP contribution in [0.2, 0.25) is 0 Å². The second-order valence-corrected chi connectivity index (χ2v) is 4.16. The van der Waals surface area contributed by atoms with Gasteiger partial charge in [-0.3, -0.25) is 4.79 Å². The fourth-order valence-electron chi connectivity index (χ4n) is 1.99. The molecular formula is C11H22N2O. The molecule has 1 aliphatic rings. The summed E-state index contributed by atoms with van der Waals surface area (Å²) in [5.74, 6) is 0.968. The molecule has 1 amide bonds. The van der Waals surface area contributed by atoms with Gasteiger partial charge in [0, 0.05) is 13.0 Å². The van der Waals surface area contributed by atoms with Crippen LogP contribution in [0.3, 0.4) is 0 Å². The van der Waals surface area contributed by atoms with Crippen molar-refractivity contribution in [2.75, 3.05) is 20.1 Å². The topological polar surface area (TPSA) is 41.1 Å². The number of carbonyl (C=O) groups is 1. The lowest BCUT2D eigenvalue weighted by Gasteiger charge is -2.10. The number of amides is 1. The number of hydrogen-bond acceptors (Lipinski definition) is 2. The highest BCUT2D eigenvalue weighted by Crippen LogP contribution is 2.23. The predicted octanol–water partition coefficient (Wildman–Crippen LogP) is 1.29. The van der Waals surface area contributed by atoms with Gasteiger partial charge in [0.05, 0.1) is 0 Å². The van der Waals surface area contributed by atoms with E-state index in [-0.39, 0.29) is 5.91 Å². The normalized spacial score (nSPS) is 17.2. The van der Waals surface area contributed by atoms with Crippen LogP contribution in [0.25, 0.3) is 0 Å². The molecule has 0 radical (unpaired) electrons. The summed E-state index contributed by atoms with van der Waals surface area (Å²) in [6, 6.07) is 0. The molecule has 1 fully saturated rings. The van der Waals surface area contributed by atoms with E-state index in [2.05, 4.69) is 10.6 Å². The summed E-state index contributed by atoms with van der Waals surface area (Å²) < 4.78 is 0. The molecule has 0 heterocycles. The molecule has 0 spiro atoms. The van der Waals surface area contributed by atoms with Gasteiger partial charge in [-0.05, 0) is 38.8 Å². The molecule has 3 heteroatoms. The number of hydrogen-bond donors (Lipinski definition) is 2. The van der Waals surface area contributed by atoms with Gasteiger partial charge in [-0.1, -0.05) is 12.8 Å². The molecule has 0 aliphatic heterocycles. The van der Waals surface area contributed by atoms with Gasteiger partial charge in [0.2, 0.25) is 5.91 Å². The smallest absolute Gasteiger partial charge is 0.220 e. The minimum absolute atomic E-state index is 0.215. The monoisotopic (exact) mass is 198 g/mol. The molecule has 0 bridgehead atoms. The molecule has 82 valence electrons. The maximum atomic E-state index is 11.3. The third kappa shape index (κ3) is 4.61. The van der Waals surface area contributed by atoms with E-state index in [1.807, 2.05) is 7.05 Å². The summed E-state index contributed by atoms with van der Waals surface area (Å²) in [7, 11) is 1.91. The van der Waals surface area contributed by atoms with Gasteiger partial charge in [0.25, 0.3) is 0 Å². The highest BCUT2D eigenvalue weighted by Gasteiger charge is 2.15. The van der Waals surface area contributed by atoms with Crippen molar-refractivity contribution in [3.63, 3.8) is 0 Å². The first kappa shape index (κ1) is 11.5. The second kappa shape index (κ2) is 6.82. The van der Waals surface area contributed by atoms with Crippen molar-refractivity contribution in [2.45, 2.75) is 38.5 Å². The summed E-state index contributed by atoms with van der Waals surface area (Å²) >= 11 is 0. The van der Waals surface area contributed by atoms with Gasteiger partial charge < -0.3 is 10.6 Å². The summed E-state index contributed by atoms with van der Waals surface area (Å²) in [5, 5.41) is 6.06. The van der Waals surface area contributed by atoms with Crippen molar-refractivity contribution in [3.8, 4) is 0 Å². The van der Waals surface area contributed by atoms with Gasteiger partial charge in [0.1, 0.15) is 0 Å². The van der Waals surface area contributed by atoms with Gasteiger partial charge >= 0.3 is 0 Å². The van der Waals surface area contributed by atoms with E-state index in [1.165, 1.54) is 25.7 Å². The number of carbonyl (C=O) groups excluding carboxylic acids is 1. The Balaban J connectivity index is 1.96. The summed E-state index contributed by atoms with van der Waals surface area (Å²) in [5.41, 5.74) is 0. The molecule has 0 aromatic rings. The number of nitrogens with one attached hydrogen (secondary N) is 2. The van der Waals surface area contributed by atoms with Crippen LogP contribution in [-0.2, 0) is 4.79 Å². The van der Waals surface area contributed by atoms with Gasteiger partial charge in [0.15, 0.2) is 0 Å². The molecule has 1 aliphatic carbocycles. The third-order valence-corrected chi connectivity index (χ3v) is 2.89. The Kier molecular flexibility index (Phi) is 5.60. The second-order valence-electron chi connectivity index (χ2n) is 4.16. The lowest BCUT2D eigenvalue weighted by Crippen LogP contribution is -2.28. The van der Waals surface area contributed by atoms with Crippen LogP contribution in [0.15, 0.2) is 0 Å². The first-order chi connectivity index (χ1) is 6.83. The largest absolute Gasteiger partial charge is 0.356 e. The summed E-state index contributed by atoms with van der Waals surface area (Å²) in [6.45, 7) is 1.83. The molecule has 2 N–H and O–H groups in total. The van der Waals surface area contributed by atoms with Gasteiger partial charge in [-0.25, -0.2) is 0 Å². The van der Waals surface area contributed by atoms with E-state index in [0.29, 0.717) is 6.42 Å². The molecule has 0 unspecified atom stereocenters. The third-order valence-electron chi connectivity index (χ3n) is 2.89. The minimum atomic E-state index is 0.215. The van der Waals surface area contributed by atoms with Crippen molar-refractivity contribution in [2.24, 2.45) is 5.92 Å². The van der Waals surface area contributed by atoms with Gasteiger partial charge in [-0.15, -0.1) is 0 Å². The predicted molar refractivity (Wildman–Crippen MR) is 58.1 cm³/mol. The van der Waals surface area contributed by atoms with E-state index >= 15 is 0 Å². The molecule has 0 saturated heterocycles. The Morgan fingerprint density at radius 2 is 2.07 bits per heavy atom. The van der Waals surface area contributed by atoms with Gasteiger partial charge in [-0.2, -0.15) is 0 Å². The quantitative estimate of drug-likeness (QED) is 0.631.